The number of carboxylic acid groups (broad SMARTS) is 2. The zero-order valence-electron chi connectivity index (χ0n) is 11.3. The van der Waals surface area contributed by atoms with Gasteiger partial charge in [-0.3, -0.25) is 9.59 Å². The Hall–Kier alpha value is -1.63. The van der Waals surface area contributed by atoms with E-state index in [1.165, 1.54) is 0 Å². The molecule has 20 heavy (non-hydrogen) atoms. The number of ether oxygens (including phenoxy) is 1. The Balaban J connectivity index is 2.29. The fourth-order valence-corrected chi connectivity index (χ4v) is 2.12. The van der Waals surface area contributed by atoms with Gasteiger partial charge < -0.3 is 20.3 Å². The molecule has 1 aliphatic heterocycles. The predicted octanol–water partition coefficient (Wildman–Crippen LogP) is 0.770. The lowest BCUT2D eigenvalue weighted by Gasteiger charge is -2.22. The quantitative estimate of drug-likeness (QED) is 0.607. The minimum atomic E-state index is -1.21. The van der Waals surface area contributed by atoms with Gasteiger partial charge in [-0.05, 0) is 32.1 Å². The molecule has 1 heterocycles. The SMILES string of the molecule is O=C(O)CC[C@H](NC(=O)CCC1CCCCO1)C(=O)O. The number of carbonyl (C=O) groups excluding carboxylic acids is 1. The van der Waals surface area contributed by atoms with Crippen LogP contribution in [-0.2, 0) is 19.1 Å². The van der Waals surface area contributed by atoms with E-state index in [4.69, 9.17) is 14.9 Å². The second kappa shape index (κ2) is 8.52. The van der Waals surface area contributed by atoms with E-state index in [0.717, 1.165) is 19.3 Å². The van der Waals surface area contributed by atoms with Gasteiger partial charge in [0.1, 0.15) is 6.04 Å². The van der Waals surface area contributed by atoms with Crippen LogP contribution in [0.15, 0.2) is 0 Å². The molecule has 0 radical (unpaired) electrons. The molecule has 7 heteroatoms. The van der Waals surface area contributed by atoms with Crippen molar-refractivity contribution < 1.29 is 29.3 Å². The molecular formula is C13H21NO6. The molecule has 0 spiro atoms. The smallest absolute Gasteiger partial charge is 0.326 e. The molecule has 1 unspecified atom stereocenters. The number of carbonyl (C=O) groups is 3. The van der Waals surface area contributed by atoms with E-state index in [2.05, 4.69) is 5.32 Å². The second-order valence-corrected chi connectivity index (χ2v) is 4.92. The summed E-state index contributed by atoms with van der Waals surface area (Å²) in [7, 11) is 0. The Morgan fingerprint density at radius 3 is 2.50 bits per heavy atom. The van der Waals surface area contributed by atoms with E-state index in [1.807, 2.05) is 0 Å². The molecule has 1 fully saturated rings. The van der Waals surface area contributed by atoms with Gasteiger partial charge in [0, 0.05) is 19.4 Å². The molecule has 0 aromatic heterocycles. The summed E-state index contributed by atoms with van der Waals surface area (Å²) in [5, 5.41) is 19.8. The molecule has 1 saturated heterocycles. The van der Waals surface area contributed by atoms with Crippen LogP contribution in [-0.4, -0.2) is 46.8 Å². The summed E-state index contributed by atoms with van der Waals surface area (Å²) >= 11 is 0. The van der Waals surface area contributed by atoms with Crippen molar-refractivity contribution in [2.45, 2.75) is 57.1 Å². The van der Waals surface area contributed by atoms with Crippen molar-refractivity contribution in [3.63, 3.8) is 0 Å². The number of nitrogens with one attached hydrogen (secondary N) is 1. The summed E-state index contributed by atoms with van der Waals surface area (Å²) in [5.41, 5.74) is 0. The fraction of sp³-hybridized carbons (Fsp3) is 0.769. The maximum Gasteiger partial charge on any atom is 0.326 e. The molecule has 0 bridgehead atoms. The first kappa shape index (κ1) is 16.4. The summed E-state index contributed by atoms with van der Waals surface area (Å²) in [4.78, 5) is 33.0. The van der Waals surface area contributed by atoms with Crippen LogP contribution in [0.2, 0.25) is 0 Å². The van der Waals surface area contributed by atoms with Crippen molar-refractivity contribution >= 4 is 17.8 Å². The Labute approximate surface area is 117 Å². The van der Waals surface area contributed by atoms with Crippen molar-refractivity contribution in [2.75, 3.05) is 6.61 Å². The minimum Gasteiger partial charge on any atom is -0.481 e. The van der Waals surface area contributed by atoms with Crippen molar-refractivity contribution in [2.24, 2.45) is 0 Å². The molecule has 3 N–H and O–H groups in total. The van der Waals surface area contributed by atoms with Gasteiger partial charge in [0.25, 0.3) is 0 Å². The highest BCUT2D eigenvalue weighted by Crippen LogP contribution is 2.16. The first-order chi connectivity index (χ1) is 9.49. The Bertz CT molecular complexity index is 351. The molecule has 0 aliphatic carbocycles. The fourth-order valence-electron chi connectivity index (χ4n) is 2.12. The summed E-state index contributed by atoms with van der Waals surface area (Å²) in [6.07, 6.45) is 3.48. The monoisotopic (exact) mass is 287 g/mol. The second-order valence-electron chi connectivity index (χ2n) is 4.92. The Kier molecular flexibility index (Phi) is 7.00. The molecule has 1 aliphatic rings. The highest BCUT2D eigenvalue weighted by Gasteiger charge is 2.22. The van der Waals surface area contributed by atoms with E-state index >= 15 is 0 Å². The zero-order chi connectivity index (χ0) is 15.0. The number of hydrogen-bond donors (Lipinski definition) is 3. The third kappa shape index (κ3) is 6.51. The molecule has 2 atom stereocenters. The lowest BCUT2D eigenvalue weighted by Crippen LogP contribution is -2.41. The first-order valence-electron chi connectivity index (χ1n) is 6.84. The molecular weight excluding hydrogens is 266 g/mol. The topological polar surface area (TPSA) is 113 Å². The highest BCUT2D eigenvalue weighted by molar-refractivity contribution is 5.83. The van der Waals surface area contributed by atoms with E-state index < -0.39 is 18.0 Å². The molecule has 0 aromatic rings. The number of aliphatic carboxylic acids is 2. The van der Waals surface area contributed by atoms with E-state index in [0.29, 0.717) is 13.0 Å². The molecule has 1 rings (SSSR count). The lowest BCUT2D eigenvalue weighted by atomic mass is 10.0. The summed E-state index contributed by atoms with van der Waals surface area (Å²) < 4.78 is 5.49. The standard InChI is InChI=1S/C13H21NO6/c15-11(6-4-9-3-1-2-8-20-9)14-10(13(18)19)5-7-12(16)17/h9-10H,1-8H2,(H,14,15)(H,16,17)(H,18,19)/t9?,10-/m0/s1. The van der Waals surface area contributed by atoms with Crippen molar-refractivity contribution in [3.05, 3.63) is 0 Å². The van der Waals surface area contributed by atoms with Crippen LogP contribution in [0.25, 0.3) is 0 Å². The van der Waals surface area contributed by atoms with Gasteiger partial charge in [0.05, 0.1) is 6.10 Å². The average molecular weight is 287 g/mol. The van der Waals surface area contributed by atoms with Gasteiger partial charge in [-0.1, -0.05) is 0 Å². The van der Waals surface area contributed by atoms with Crippen molar-refractivity contribution in [1.82, 2.24) is 5.32 Å². The zero-order valence-corrected chi connectivity index (χ0v) is 11.3. The minimum absolute atomic E-state index is 0.0665. The molecule has 1 amide bonds. The van der Waals surface area contributed by atoms with Gasteiger partial charge in [-0.25, -0.2) is 4.79 Å². The Morgan fingerprint density at radius 2 is 1.95 bits per heavy atom. The van der Waals surface area contributed by atoms with E-state index in [9.17, 15) is 14.4 Å². The predicted molar refractivity (Wildman–Crippen MR) is 69.3 cm³/mol. The van der Waals surface area contributed by atoms with Crippen LogP contribution < -0.4 is 5.32 Å². The first-order valence-corrected chi connectivity index (χ1v) is 6.84. The highest BCUT2D eigenvalue weighted by atomic mass is 16.5. The number of hydrogen-bond acceptors (Lipinski definition) is 4. The number of rotatable bonds is 8. The van der Waals surface area contributed by atoms with Crippen LogP contribution in [0.3, 0.4) is 0 Å². The van der Waals surface area contributed by atoms with Gasteiger partial charge in [0.15, 0.2) is 0 Å². The summed E-state index contributed by atoms with van der Waals surface area (Å²) in [6, 6.07) is -1.15. The lowest BCUT2D eigenvalue weighted by molar-refractivity contribution is -0.143. The molecule has 0 saturated carbocycles. The van der Waals surface area contributed by atoms with Gasteiger partial charge in [0.2, 0.25) is 5.91 Å². The normalized spacial score (nSPS) is 20.1. The third-order valence-electron chi connectivity index (χ3n) is 3.25. The maximum atomic E-state index is 11.7. The van der Waals surface area contributed by atoms with Gasteiger partial charge in [-0.2, -0.15) is 0 Å². The van der Waals surface area contributed by atoms with Gasteiger partial charge >= 0.3 is 11.9 Å². The number of amides is 1. The maximum absolute atomic E-state index is 11.7. The third-order valence-corrected chi connectivity index (χ3v) is 3.25. The van der Waals surface area contributed by atoms with Crippen LogP contribution in [0.4, 0.5) is 0 Å². The van der Waals surface area contributed by atoms with E-state index in [-0.39, 0.29) is 31.3 Å². The molecule has 114 valence electrons. The van der Waals surface area contributed by atoms with Crippen LogP contribution >= 0.6 is 0 Å². The number of carboxylic acids is 2. The van der Waals surface area contributed by atoms with Crippen LogP contribution in [0.1, 0.15) is 44.9 Å². The van der Waals surface area contributed by atoms with Crippen molar-refractivity contribution in [3.8, 4) is 0 Å². The van der Waals surface area contributed by atoms with Gasteiger partial charge in [-0.15, -0.1) is 0 Å². The summed E-state index contributed by atoms with van der Waals surface area (Å²) in [6.45, 7) is 0.711. The average Bonchev–Trinajstić information content (AvgIpc) is 2.41. The van der Waals surface area contributed by atoms with Crippen LogP contribution in [0.5, 0.6) is 0 Å². The summed E-state index contributed by atoms with van der Waals surface area (Å²) in [5.74, 6) is -2.67. The molecule has 7 nitrogen and oxygen atoms in total. The van der Waals surface area contributed by atoms with Crippen LogP contribution in [0, 0.1) is 0 Å². The molecule has 0 aromatic carbocycles. The largest absolute Gasteiger partial charge is 0.481 e. The Morgan fingerprint density at radius 1 is 1.20 bits per heavy atom. The van der Waals surface area contributed by atoms with Crippen molar-refractivity contribution in [1.29, 1.82) is 0 Å². The van der Waals surface area contributed by atoms with E-state index in [1.54, 1.807) is 0 Å².